The van der Waals surface area contributed by atoms with Crippen LogP contribution in [-0.2, 0) is 12.6 Å². The first-order valence-electron chi connectivity index (χ1n) is 7.51. The van der Waals surface area contributed by atoms with Crippen LogP contribution in [0.3, 0.4) is 0 Å². The summed E-state index contributed by atoms with van der Waals surface area (Å²) in [6.45, 7) is 0.469. The number of benzene rings is 1. The number of para-hydroxylation sites is 1. The molecule has 0 aliphatic heterocycles. The van der Waals surface area contributed by atoms with Crippen molar-refractivity contribution in [2.75, 3.05) is 25.6 Å². The molecule has 25 heavy (non-hydrogen) atoms. The lowest BCUT2D eigenvalue weighted by Gasteiger charge is -2.21. The lowest BCUT2D eigenvalue weighted by molar-refractivity contribution is -0.141. The molecule has 0 spiro atoms. The Hall–Kier alpha value is -2.84. The molecule has 132 valence electrons. The lowest BCUT2D eigenvalue weighted by atomic mass is 10.1. The molecular weight excluding hydrogens is 335 g/mol. The second kappa shape index (κ2) is 6.58. The van der Waals surface area contributed by atoms with E-state index < -0.39 is 11.9 Å². The van der Waals surface area contributed by atoms with E-state index in [1.807, 2.05) is 24.3 Å². The normalized spacial score (nSPS) is 11.7. The van der Waals surface area contributed by atoms with Gasteiger partial charge in [-0.15, -0.1) is 0 Å². The molecule has 0 bridgehead atoms. The average molecular weight is 351 g/mol. The van der Waals surface area contributed by atoms with Gasteiger partial charge in [0.1, 0.15) is 17.9 Å². The molecule has 0 atom stereocenters. The molecule has 3 aromatic rings. The van der Waals surface area contributed by atoms with Crippen molar-refractivity contribution in [3.63, 3.8) is 0 Å². The quantitative estimate of drug-likeness (QED) is 0.708. The number of halogens is 3. The number of ether oxygens (including phenoxy) is 1. The first-order valence-corrected chi connectivity index (χ1v) is 7.51. The maximum Gasteiger partial charge on any atom is 0.433 e. The lowest BCUT2D eigenvalue weighted by Crippen LogP contribution is -2.24. The molecule has 0 aliphatic rings. The topological polar surface area (TPSA) is 55.5 Å². The second-order valence-corrected chi connectivity index (χ2v) is 5.45. The van der Waals surface area contributed by atoms with Crippen LogP contribution in [0.4, 0.5) is 19.0 Å². The van der Waals surface area contributed by atoms with E-state index in [4.69, 9.17) is 4.74 Å². The van der Waals surface area contributed by atoms with Crippen molar-refractivity contribution in [2.45, 2.75) is 12.6 Å². The van der Waals surface area contributed by atoms with E-state index in [1.54, 1.807) is 19.1 Å². The number of alkyl halides is 3. The van der Waals surface area contributed by atoms with Gasteiger partial charge in [-0.05, 0) is 18.1 Å². The monoisotopic (exact) mass is 351 g/mol. The molecule has 0 saturated heterocycles. The van der Waals surface area contributed by atoms with Gasteiger partial charge < -0.3 is 9.64 Å². The van der Waals surface area contributed by atoms with Crippen LogP contribution in [0.5, 0.6) is 5.75 Å². The third kappa shape index (κ3) is 3.49. The van der Waals surface area contributed by atoms with Crippen molar-refractivity contribution < 1.29 is 17.9 Å². The highest BCUT2D eigenvalue weighted by Gasteiger charge is 2.34. The Morgan fingerprint density at radius 2 is 2.00 bits per heavy atom. The molecule has 0 aliphatic carbocycles. The van der Waals surface area contributed by atoms with Crippen molar-refractivity contribution >= 4 is 11.6 Å². The zero-order chi connectivity index (χ0) is 18.0. The molecule has 0 saturated carbocycles. The molecule has 2 heterocycles. The van der Waals surface area contributed by atoms with Crippen LogP contribution < -0.4 is 9.64 Å². The number of hydrogen-bond donors (Lipinski definition) is 0. The van der Waals surface area contributed by atoms with E-state index in [2.05, 4.69) is 15.1 Å². The van der Waals surface area contributed by atoms with Gasteiger partial charge in [0.05, 0.1) is 7.11 Å². The first-order chi connectivity index (χ1) is 11.9. The minimum absolute atomic E-state index is 0.0889. The van der Waals surface area contributed by atoms with Gasteiger partial charge in [-0.3, -0.25) is 0 Å². The van der Waals surface area contributed by atoms with Crippen LogP contribution in [0.1, 0.15) is 11.3 Å². The Kier molecular flexibility index (Phi) is 4.47. The molecule has 9 heteroatoms. The Morgan fingerprint density at radius 3 is 2.72 bits per heavy atom. The van der Waals surface area contributed by atoms with Crippen LogP contribution in [0, 0.1) is 0 Å². The zero-order valence-electron chi connectivity index (χ0n) is 13.7. The number of likely N-dealkylation sites (N-methyl/N-ethyl adjacent to an activating group) is 1. The summed E-state index contributed by atoms with van der Waals surface area (Å²) in [5, 5.41) is 3.96. The molecule has 6 nitrogen and oxygen atoms in total. The highest BCUT2D eigenvalue weighted by molar-refractivity contribution is 5.47. The Bertz CT molecular complexity index is 878. The molecule has 0 unspecified atom stereocenters. The summed E-state index contributed by atoms with van der Waals surface area (Å²) < 4.78 is 45.8. The number of hydrogen-bond acceptors (Lipinski definition) is 5. The average Bonchev–Trinajstić information content (AvgIpc) is 3.06. The Balaban J connectivity index is 1.89. The third-order valence-corrected chi connectivity index (χ3v) is 3.82. The Labute approximate surface area is 141 Å². The summed E-state index contributed by atoms with van der Waals surface area (Å²) in [6, 6.07) is 8.50. The molecule has 3 rings (SSSR count). The summed E-state index contributed by atoms with van der Waals surface area (Å²) in [5.41, 5.74) is -0.0241. The van der Waals surface area contributed by atoms with Gasteiger partial charge >= 0.3 is 6.18 Å². The van der Waals surface area contributed by atoms with Gasteiger partial charge in [0.15, 0.2) is 5.69 Å². The number of rotatable bonds is 5. The van der Waals surface area contributed by atoms with Crippen molar-refractivity contribution in [3.8, 4) is 5.75 Å². The van der Waals surface area contributed by atoms with Crippen LogP contribution in [-0.4, -0.2) is 40.3 Å². The van der Waals surface area contributed by atoms with Gasteiger partial charge in [0, 0.05) is 19.7 Å². The standard InChI is InChI=1S/C16H16F3N5O/c1-23(8-7-11-5-3-4-6-12(11)25-2)14-9-13(16(17,18)19)22-15-20-10-21-24(14)15/h3-6,9-10H,7-8H2,1-2H3. The SMILES string of the molecule is COc1ccccc1CCN(C)c1cc(C(F)(F)F)nc2ncnn12. The van der Waals surface area contributed by atoms with E-state index in [0.717, 1.165) is 17.4 Å². The van der Waals surface area contributed by atoms with Gasteiger partial charge in [-0.2, -0.15) is 27.8 Å². The Morgan fingerprint density at radius 1 is 1.24 bits per heavy atom. The number of anilines is 1. The molecule has 0 radical (unpaired) electrons. The molecule has 1 aromatic carbocycles. The minimum Gasteiger partial charge on any atom is -0.496 e. The fourth-order valence-electron chi connectivity index (χ4n) is 2.53. The molecule has 0 amide bonds. The van der Waals surface area contributed by atoms with Crippen molar-refractivity contribution in [3.05, 3.63) is 47.9 Å². The summed E-state index contributed by atoms with van der Waals surface area (Å²) in [4.78, 5) is 8.97. The second-order valence-electron chi connectivity index (χ2n) is 5.45. The fourth-order valence-corrected chi connectivity index (χ4v) is 2.53. The van der Waals surface area contributed by atoms with Crippen LogP contribution in [0.25, 0.3) is 5.78 Å². The van der Waals surface area contributed by atoms with Gasteiger partial charge in [-0.25, -0.2) is 4.98 Å². The van der Waals surface area contributed by atoms with Crippen molar-refractivity contribution in [1.82, 2.24) is 19.6 Å². The number of nitrogens with zero attached hydrogens (tertiary/aromatic N) is 5. The summed E-state index contributed by atoms with van der Waals surface area (Å²) in [7, 11) is 3.28. The van der Waals surface area contributed by atoms with Crippen LogP contribution in [0.2, 0.25) is 0 Å². The molecular formula is C16H16F3N5O. The van der Waals surface area contributed by atoms with E-state index in [-0.39, 0.29) is 11.6 Å². The molecule has 0 fully saturated rings. The maximum atomic E-state index is 13.1. The van der Waals surface area contributed by atoms with E-state index in [0.29, 0.717) is 13.0 Å². The highest BCUT2D eigenvalue weighted by Crippen LogP contribution is 2.30. The van der Waals surface area contributed by atoms with Crippen molar-refractivity contribution in [2.24, 2.45) is 0 Å². The number of methoxy groups -OCH3 is 1. The smallest absolute Gasteiger partial charge is 0.433 e. The third-order valence-electron chi connectivity index (χ3n) is 3.82. The van der Waals surface area contributed by atoms with Gasteiger partial charge in [0.25, 0.3) is 5.78 Å². The zero-order valence-corrected chi connectivity index (χ0v) is 13.7. The van der Waals surface area contributed by atoms with E-state index >= 15 is 0 Å². The maximum absolute atomic E-state index is 13.1. The summed E-state index contributed by atoms with van der Waals surface area (Å²) in [5.74, 6) is 0.922. The van der Waals surface area contributed by atoms with E-state index in [9.17, 15) is 13.2 Å². The van der Waals surface area contributed by atoms with Crippen molar-refractivity contribution in [1.29, 1.82) is 0 Å². The molecule has 2 aromatic heterocycles. The predicted octanol–water partition coefficient (Wildman–Crippen LogP) is 2.83. The molecule has 0 N–H and O–H groups in total. The van der Waals surface area contributed by atoms with Crippen LogP contribution in [0.15, 0.2) is 36.7 Å². The number of fused-ring (bicyclic) bond motifs is 1. The van der Waals surface area contributed by atoms with Crippen LogP contribution >= 0.6 is 0 Å². The van der Waals surface area contributed by atoms with Gasteiger partial charge in [0.2, 0.25) is 0 Å². The fraction of sp³-hybridized carbons (Fsp3) is 0.312. The highest BCUT2D eigenvalue weighted by atomic mass is 19.4. The largest absolute Gasteiger partial charge is 0.496 e. The minimum atomic E-state index is -4.55. The van der Waals surface area contributed by atoms with Gasteiger partial charge in [-0.1, -0.05) is 18.2 Å². The first kappa shape index (κ1) is 17.0. The van der Waals surface area contributed by atoms with E-state index in [1.165, 1.54) is 10.8 Å². The predicted molar refractivity (Wildman–Crippen MR) is 85.8 cm³/mol. The summed E-state index contributed by atoms with van der Waals surface area (Å²) in [6.07, 6.45) is -2.77. The summed E-state index contributed by atoms with van der Waals surface area (Å²) >= 11 is 0. The number of aromatic nitrogens is 4.